The zero-order valence-electron chi connectivity index (χ0n) is 10.2. The van der Waals surface area contributed by atoms with Crippen molar-refractivity contribution >= 4 is 16.1 Å². The van der Waals surface area contributed by atoms with E-state index in [0.29, 0.717) is 0 Å². The molecule has 0 N–H and O–H groups in total. The van der Waals surface area contributed by atoms with Crippen LogP contribution in [0.1, 0.15) is 15.9 Å². The molecule has 0 unspecified atom stereocenters. The van der Waals surface area contributed by atoms with Crippen molar-refractivity contribution in [3.8, 4) is 0 Å². The molecule has 2 aromatic carbocycles. The summed E-state index contributed by atoms with van der Waals surface area (Å²) in [7, 11) is -4.92. The van der Waals surface area contributed by atoms with Crippen LogP contribution in [0, 0.1) is 0 Å². The minimum atomic E-state index is -4.92. The van der Waals surface area contributed by atoms with Crippen LogP contribution < -0.4 is 0 Å². The largest absolute Gasteiger partial charge is 0.375 e. The first kappa shape index (κ1) is 14.3. The van der Waals surface area contributed by atoms with E-state index in [1.54, 1.807) is 0 Å². The molecule has 0 aliphatic rings. The zero-order valence-corrected chi connectivity index (χ0v) is 11.0. The number of benzene rings is 2. The summed E-state index contributed by atoms with van der Waals surface area (Å²) >= 11 is 0. The summed E-state index contributed by atoms with van der Waals surface area (Å²) in [6.07, 6.45) is 0.212. The number of rotatable bonds is 4. The summed E-state index contributed by atoms with van der Waals surface area (Å²) in [5.74, 6) is 0. The molecule has 2 rings (SSSR count). The Hall–Kier alpha value is -2.08. The SMILES string of the molecule is O=Cc1ccccc1C(F)(F)S(=O)(=O)c1ccccc1. The van der Waals surface area contributed by atoms with Gasteiger partial charge in [0.1, 0.15) is 0 Å². The van der Waals surface area contributed by atoms with E-state index in [4.69, 9.17) is 0 Å². The molecule has 20 heavy (non-hydrogen) atoms. The monoisotopic (exact) mass is 296 g/mol. The van der Waals surface area contributed by atoms with Crippen LogP contribution in [-0.4, -0.2) is 14.7 Å². The molecule has 0 spiro atoms. The molecule has 0 radical (unpaired) electrons. The molecule has 0 heterocycles. The number of carbonyl (C=O) groups is 1. The van der Waals surface area contributed by atoms with Gasteiger partial charge < -0.3 is 0 Å². The van der Waals surface area contributed by atoms with Gasteiger partial charge in [-0.2, -0.15) is 8.78 Å². The molecule has 0 fully saturated rings. The highest BCUT2D eigenvalue weighted by Crippen LogP contribution is 2.39. The highest BCUT2D eigenvalue weighted by atomic mass is 32.2. The number of hydrogen-bond donors (Lipinski definition) is 0. The number of aldehydes is 1. The molecule has 0 aliphatic carbocycles. The predicted octanol–water partition coefficient (Wildman–Crippen LogP) is 3.02. The van der Waals surface area contributed by atoms with E-state index in [2.05, 4.69) is 0 Å². The van der Waals surface area contributed by atoms with Gasteiger partial charge in [0.2, 0.25) is 9.84 Å². The molecule has 0 aliphatic heterocycles. The van der Waals surface area contributed by atoms with E-state index < -0.39 is 25.6 Å². The topological polar surface area (TPSA) is 51.2 Å². The predicted molar refractivity (Wildman–Crippen MR) is 69.4 cm³/mol. The van der Waals surface area contributed by atoms with Crippen LogP contribution in [0.15, 0.2) is 59.5 Å². The molecular formula is C14H10F2O3S. The van der Waals surface area contributed by atoms with Crippen LogP contribution >= 0.6 is 0 Å². The molecule has 104 valence electrons. The Morgan fingerprint density at radius 2 is 1.45 bits per heavy atom. The number of carbonyl (C=O) groups excluding carboxylic acids is 1. The normalized spacial score (nSPS) is 12.1. The lowest BCUT2D eigenvalue weighted by molar-refractivity contribution is 0.0879. The van der Waals surface area contributed by atoms with E-state index in [0.717, 1.165) is 24.3 Å². The van der Waals surface area contributed by atoms with Gasteiger partial charge in [0.05, 0.1) is 4.90 Å². The number of hydrogen-bond acceptors (Lipinski definition) is 3. The molecule has 0 aromatic heterocycles. The lowest BCUT2D eigenvalue weighted by atomic mass is 10.1. The van der Waals surface area contributed by atoms with Gasteiger partial charge in [0.15, 0.2) is 6.29 Å². The van der Waals surface area contributed by atoms with Crippen molar-refractivity contribution in [2.45, 2.75) is 10.2 Å². The first-order valence-corrected chi connectivity index (χ1v) is 7.12. The summed E-state index contributed by atoms with van der Waals surface area (Å²) in [4.78, 5) is 10.3. The molecule has 0 amide bonds. The Bertz CT molecular complexity index is 725. The molecule has 0 saturated carbocycles. The third-order valence-electron chi connectivity index (χ3n) is 2.79. The molecule has 0 atom stereocenters. The van der Waals surface area contributed by atoms with Gasteiger partial charge in [-0.25, -0.2) is 8.42 Å². The van der Waals surface area contributed by atoms with Crippen LogP contribution in [0.5, 0.6) is 0 Å². The second-order valence-electron chi connectivity index (χ2n) is 4.04. The smallest absolute Gasteiger partial charge is 0.298 e. The van der Waals surface area contributed by atoms with E-state index in [1.807, 2.05) is 0 Å². The molecule has 6 heteroatoms. The van der Waals surface area contributed by atoms with Crippen LogP contribution in [0.4, 0.5) is 8.78 Å². The van der Waals surface area contributed by atoms with Crippen molar-refractivity contribution in [1.82, 2.24) is 0 Å². The van der Waals surface area contributed by atoms with E-state index in [9.17, 15) is 22.0 Å². The Morgan fingerprint density at radius 3 is 2.05 bits per heavy atom. The summed E-state index contributed by atoms with van der Waals surface area (Å²) < 4.78 is 52.8. The zero-order chi connectivity index (χ0) is 14.8. The van der Waals surface area contributed by atoms with Crippen molar-refractivity contribution < 1.29 is 22.0 Å². The Morgan fingerprint density at radius 1 is 0.900 bits per heavy atom. The molecule has 0 saturated heterocycles. The highest BCUT2D eigenvalue weighted by Gasteiger charge is 2.48. The summed E-state index contributed by atoms with van der Waals surface area (Å²) in [6.45, 7) is 0. The maximum atomic E-state index is 14.3. The van der Waals surface area contributed by atoms with Crippen LogP contribution in [0.2, 0.25) is 0 Å². The van der Waals surface area contributed by atoms with Gasteiger partial charge in [0, 0.05) is 11.1 Å². The van der Waals surface area contributed by atoms with Crippen molar-refractivity contribution in [3.05, 3.63) is 65.7 Å². The second-order valence-corrected chi connectivity index (χ2v) is 6.03. The second kappa shape index (κ2) is 5.13. The van der Waals surface area contributed by atoms with E-state index in [-0.39, 0.29) is 11.8 Å². The van der Waals surface area contributed by atoms with Crippen molar-refractivity contribution in [2.24, 2.45) is 0 Å². The lowest BCUT2D eigenvalue weighted by Crippen LogP contribution is -2.27. The van der Waals surface area contributed by atoms with E-state index >= 15 is 0 Å². The summed E-state index contributed by atoms with van der Waals surface area (Å²) in [5.41, 5.74) is -1.17. The van der Waals surface area contributed by atoms with Crippen LogP contribution in [0.25, 0.3) is 0 Å². The summed E-state index contributed by atoms with van der Waals surface area (Å²) in [5, 5.41) is -4.17. The first-order valence-electron chi connectivity index (χ1n) is 5.63. The fourth-order valence-electron chi connectivity index (χ4n) is 1.76. The molecule has 2 aromatic rings. The molecule has 0 bridgehead atoms. The first-order chi connectivity index (χ1) is 9.41. The maximum Gasteiger partial charge on any atom is 0.375 e. The van der Waals surface area contributed by atoms with Crippen molar-refractivity contribution in [3.63, 3.8) is 0 Å². The minimum Gasteiger partial charge on any atom is -0.298 e. The fourth-order valence-corrected chi connectivity index (χ4v) is 3.04. The van der Waals surface area contributed by atoms with Gasteiger partial charge in [-0.3, -0.25) is 4.79 Å². The Kier molecular flexibility index (Phi) is 3.67. The van der Waals surface area contributed by atoms with Gasteiger partial charge in [-0.1, -0.05) is 42.5 Å². The third kappa shape index (κ3) is 2.22. The minimum absolute atomic E-state index is 0.212. The standard InChI is InChI=1S/C14H10F2O3S/c15-14(16,13-9-5-4-6-11(13)10-17)20(18,19)12-7-2-1-3-8-12/h1-10H. The Balaban J connectivity index is 2.63. The third-order valence-corrected chi connectivity index (χ3v) is 4.58. The van der Waals surface area contributed by atoms with Gasteiger partial charge >= 0.3 is 5.25 Å². The molecular weight excluding hydrogens is 286 g/mol. The number of halogens is 2. The average Bonchev–Trinajstić information content (AvgIpc) is 2.47. The molecule has 3 nitrogen and oxygen atoms in total. The number of alkyl halides is 2. The fraction of sp³-hybridized carbons (Fsp3) is 0.0714. The number of sulfone groups is 1. The van der Waals surface area contributed by atoms with Gasteiger partial charge in [0.25, 0.3) is 0 Å². The highest BCUT2D eigenvalue weighted by molar-refractivity contribution is 7.92. The average molecular weight is 296 g/mol. The van der Waals surface area contributed by atoms with Crippen LogP contribution in [0.3, 0.4) is 0 Å². The van der Waals surface area contributed by atoms with E-state index in [1.165, 1.54) is 30.3 Å². The van der Waals surface area contributed by atoms with Crippen LogP contribution in [-0.2, 0) is 15.1 Å². The van der Waals surface area contributed by atoms with Crippen molar-refractivity contribution in [1.29, 1.82) is 0 Å². The summed E-state index contributed by atoms with van der Waals surface area (Å²) in [6, 6.07) is 11.1. The lowest BCUT2D eigenvalue weighted by Gasteiger charge is -2.18. The van der Waals surface area contributed by atoms with Gasteiger partial charge in [-0.15, -0.1) is 0 Å². The van der Waals surface area contributed by atoms with Crippen molar-refractivity contribution in [2.75, 3.05) is 0 Å². The van der Waals surface area contributed by atoms with Gasteiger partial charge in [-0.05, 0) is 12.1 Å². The maximum absolute atomic E-state index is 14.3. The quantitative estimate of drug-likeness (QED) is 0.815. The Labute approximate surface area is 114 Å².